The van der Waals surface area contributed by atoms with Crippen LogP contribution in [0.3, 0.4) is 0 Å². The highest BCUT2D eigenvalue weighted by Gasteiger charge is 2.04. The molecule has 84 valence electrons. The zero-order valence-electron chi connectivity index (χ0n) is 8.48. The summed E-state index contributed by atoms with van der Waals surface area (Å²) in [6, 6.07) is 6.49. The lowest BCUT2D eigenvalue weighted by molar-refractivity contribution is 0.476. The van der Waals surface area contributed by atoms with Gasteiger partial charge in [0.1, 0.15) is 17.7 Å². The minimum atomic E-state index is -0.171. The number of phenols is 1. The van der Waals surface area contributed by atoms with Crippen molar-refractivity contribution < 1.29 is 5.11 Å². The Balaban J connectivity index is 2.99. The molecule has 0 fully saturated rings. The van der Waals surface area contributed by atoms with E-state index in [1.807, 2.05) is 0 Å². The van der Waals surface area contributed by atoms with Gasteiger partial charge in [-0.15, -0.1) is 0 Å². The van der Waals surface area contributed by atoms with Gasteiger partial charge in [-0.2, -0.15) is 10.5 Å². The van der Waals surface area contributed by atoms with Crippen LogP contribution in [0.4, 0.5) is 0 Å². The Bertz CT molecular complexity index is 538. The lowest BCUT2D eigenvalue weighted by Gasteiger charge is -2.01. The monoisotopic (exact) mass is 264 g/mol. The molecule has 1 aromatic rings. The van der Waals surface area contributed by atoms with Crippen molar-refractivity contribution in [3.63, 3.8) is 0 Å². The number of hydrogen-bond acceptors (Lipinski definition) is 3. The molecule has 0 radical (unpaired) electrons. The van der Waals surface area contributed by atoms with E-state index in [9.17, 15) is 5.11 Å². The van der Waals surface area contributed by atoms with Crippen LogP contribution in [0, 0.1) is 22.7 Å². The third kappa shape index (κ3) is 3.53. The SMILES string of the molecule is N#CC(C#N)=CC=Cc1cc(Cl)c(O)c(Cl)c1. The van der Waals surface area contributed by atoms with E-state index in [4.69, 9.17) is 33.7 Å². The summed E-state index contributed by atoms with van der Waals surface area (Å²) in [5.41, 5.74) is 0.654. The Hall–Kier alpha value is -1.94. The molecule has 0 bridgehead atoms. The number of aromatic hydroxyl groups is 1. The number of hydrogen-bond donors (Lipinski definition) is 1. The fraction of sp³-hybridized carbons (Fsp3) is 0. The van der Waals surface area contributed by atoms with Crippen molar-refractivity contribution in [1.29, 1.82) is 10.5 Å². The standard InChI is InChI=1S/C12H6Cl2N2O/c13-10-4-8(5-11(14)12(10)17)2-1-3-9(6-15)7-16/h1-5,17H. The zero-order valence-corrected chi connectivity index (χ0v) is 10.00. The van der Waals surface area contributed by atoms with E-state index in [0.29, 0.717) is 5.56 Å². The molecule has 0 aliphatic rings. The fourth-order valence-corrected chi connectivity index (χ4v) is 1.54. The topological polar surface area (TPSA) is 67.8 Å². The van der Waals surface area contributed by atoms with Gasteiger partial charge in [-0.05, 0) is 23.8 Å². The summed E-state index contributed by atoms with van der Waals surface area (Å²) in [6.45, 7) is 0. The van der Waals surface area contributed by atoms with Crippen LogP contribution in [-0.2, 0) is 0 Å². The maximum absolute atomic E-state index is 9.33. The van der Waals surface area contributed by atoms with E-state index < -0.39 is 0 Å². The molecule has 3 nitrogen and oxygen atoms in total. The van der Waals surface area contributed by atoms with Crippen molar-refractivity contribution in [3.05, 3.63) is 45.5 Å². The molecule has 0 aliphatic heterocycles. The van der Waals surface area contributed by atoms with Gasteiger partial charge in [-0.3, -0.25) is 0 Å². The average Bonchev–Trinajstić information content (AvgIpc) is 2.31. The first-order valence-electron chi connectivity index (χ1n) is 4.45. The van der Waals surface area contributed by atoms with Gasteiger partial charge in [0.05, 0.1) is 10.0 Å². The Kier molecular flexibility index (Phi) is 4.60. The lowest BCUT2D eigenvalue weighted by Crippen LogP contribution is -1.76. The number of benzene rings is 1. The molecule has 0 atom stereocenters. The van der Waals surface area contributed by atoms with Crippen LogP contribution in [0.1, 0.15) is 5.56 Å². The third-order valence-corrected chi connectivity index (χ3v) is 2.41. The molecule has 0 aliphatic carbocycles. The van der Waals surface area contributed by atoms with E-state index in [-0.39, 0.29) is 21.4 Å². The van der Waals surface area contributed by atoms with E-state index in [1.165, 1.54) is 24.3 Å². The van der Waals surface area contributed by atoms with Crippen molar-refractivity contribution in [2.75, 3.05) is 0 Å². The van der Waals surface area contributed by atoms with Crippen LogP contribution in [-0.4, -0.2) is 5.11 Å². The summed E-state index contributed by atoms with van der Waals surface area (Å²) >= 11 is 11.5. The molecule has 0 saturated heterocycles. The smallest absolute Gasteiger partial charge is 0.152 e. The second kappa shape index (κ2) is 5.96. The summed E-state index contributed by atoms with van der Waals surface area (Å²) < 4.78 is 0. The number of rotatable bonds is 2. The Labute approximate surface area is 108 Å². The number of allylic oxidation sites excluding steroid dienone is 3. The molecule has 0 amide bonds. The highest BCUT2D eigenvalue weighted by atomic mass is 35.5. The van der Waals surface area contributed by atoms with Gasteiger partial charge in [0.15, 0.2) is 5.75 Å². The fourth-order valence-electron chi connectivity index (χ4n) is 1.04. The Morgan fingerprint density at radius 2 is 1.71 bits per heavy atom. The van der Waals surface area contributed by atoms with Gasteiger partial charge in [0.2, 0.25) is 0 Å². The van der Waals surface area contributed by atoms with Crippen molar-refractivity contribution in [1.82, 2.24) is 0 Å². The van der Waals surface area contributed by atoms with Gasteiger partial charge in [0.25, 0.3) is 0 Å². The largest absolute Gasteiger partial charge is 0.505 e. The van der Waals surface area contributed by atoms with Crippen LogP contribution < -0.4 is 0 Å². The minimum absolute atomic E-state index is 0.00257. The van der Waals surface area contributed by atoms with Gasteiger partial charge in [-0.1, -0.05) is 35.4 Å². The van der Waals surface area contributed by atoms with Gasteiger partial charge in [-0.25, -0.2) is 0 Å². The van der Waals surface area contributed by atoms with Crippen LogP contribution in [0.5, 0.6) is 5.75 Å². The third-order valence-electron chi connectivity index (χ3n) is 1.83. The zero-order chi connectivity index (χ0) is 12.8. The normalized spacial score (nSPS) is 9.65. The maximum Gasteiger partial charge on any atom is 0.152 e. The van der Waals surface area contributed by atoms with Crippen molar-refractivity contribution in [2.45, 2.75) is 0 Å². The van der Waals surface area contributed by atoms with Gasteiger partial charge in [0, 0.05) is 0 Å². The first-order valence-corrected chi connectivity index (χ1v) is 5.20. The predicted molar refractivity (Wildman–Crippen MR) is 66.5 cm³/mol. The molecule has 0 unspecified atom stereocenters. The summed E-state index contributed by atoms with van der Waals surface area (Å²) in [4.78, 5) is 0. The van der Waals surface area contributed by atoms with Gasteiger partial charge < -0.3 is 5.11 Å². The molecule has 1 N–H and O–H groups in total. The van der Waals surface area contributed by atoms with Crippen LogP contribution in [0.15, 0.2) is 29.9 Å². The first kappa shape index (κ1) is 13.1. The van der Waals surface area contributed by atoms with Crippen molar-refractivity contribution >= 4 is 29.3 Å². The second-order valence-electron chi connectivity index (χ2n) is 3.00. The molecular formula is C12H6Cl2N2O. The second-order valence-corrected chi connectivity index (χ2v) is 3.81. The molecule has 0 saturated carbocycles. The predicted octanol–water partition coefficient (Wildman–Crippen LogP) is 3.69. The van der Waals surface area contributed by atoms with E-state index >= 15 is 0 Å². The lowest BCUT2D eigenvalue weighted by atomic mass is 10.2. The molecular weight excluding hydrogens is 259 g/mol. The summed E-state index contributed by atoms with van der Waals surface area (Å²) in [5, 5.41) is 26.6. The Morgan fingerprint density at radius 1 is 1.18 bits per heavy atom. The number of nitrogens with zero attached hydrogens (tertiary/aromatic N) is 2. The molecule has 0 heterocycles. The summed E-state index contributed by atoms with van der Waals surface area (Å²) in [6.07, 6.45) is 4.52. The van der Waals surface area contributed by atoms with Crippen LogP contribution in [0.25, 0.3) is 6.08 Å². The number of halogens is 2. The maximum atomic E-state index is 9.33. The molecule has 1 rings (SSSR count). The van der Waals surface area contributed by atoms with Crippen molar-refractivity contribution in [2.24, 2.45) is 0 Å². The first-order chi connectivity index (χ1) is 8.08. The minimum Gasteiger partial charge on any atom is -0.505 e. The van der Waals surface area contributed by atoms with Crippen molar-refractivity contribution in [3.8, 4) is 17.9 Å². The highest BCUT2D eigenvalue weighted by molar-refractivity contribution is 6.37. The van der Waals surface area contributed by atoms with E-state index in [1.54, 1.807) is 18.2 Å². The Morgan fingerprint density at radius 3 is 2.18 bits per heavy atom. The molecule has 1 aromatic carbocycles. The quantitative estimate of drug-likeness (QED) is 0.655. The molecule has 0 aromatic heterocycles. The molecule has 0 spiro atoms. The number of phenolic OH excluding ortho intramolecular Hbond substituents is 1. The molecule has 17 heavy (non-hydrogen) atoms. The van der Waals surface area contributed by atoms with E-state index in [2.05, 4.69) is 0 Å². The van der Waals surface area contributed by atoms with Crippen LogP contribution in [0.2, 0.25) is 10.0 Å². The van der Waals surface area contributed by atoms with Gasteiger partial charge >= 0.3 is 0 Å². The highest BCUT2D eigenvalue weighted by Crippen LogP contribution is 2.32. The summed E-state index contributed by atoms with van der Waals surface area (Å²) in [7, 11) is 0. The summed E-state index contributed by atoms with van der Waals surface area (Å²) in [5.74, 6) is -0.171. The van der Waals surface area contributed by atoms with Crippen LogP contribution >= 0.6 is 23.2 Å². The average molecular weight is 265 g/mol. The van der Waals surface area contributed by atoms with E-state index in [0.717, 1.165) is 0 Å². The number of nitriles is 2. The molecule has 5 heteroatoms.